The number of halogens is 2. The highest BCUT2D eigenvalue weighted by atomic mass is 19.1. The first-order valence-electron chi connectivity index (χ1n) is 4.64. The zero-order valence-corrected chi connectivity index (χ0v) is 8.64. The molecule has 0 amide bonds. The summed E-state index contributed by atoms with van der Waals surface area (Å²) in [7, 11) is 0. The van der Waals surface area contributed by atoms with Crippen molar-refractivity contribution in [1.82, 2.24) is 0 Å². The summed E-state index contributed by atoms with van der Waals surface area (Å²) in [4.78, 5) is 11.0. The molecular weight excluding hydrogens is 202 g/mol. The molecule has 0 N–H and O–H groups in total. The zero-order chi connectivity index (χ0) is 11.4. The van der Waals surface area contributed by atoms with E-state index in [1.165, 1.54) is 6.92 Å². The number of esters is 1. The Kier molecular flexibility index (Phi) is 3.77. The lowest BCUT2D eigenvalue weighted by Gasteiger charge is -2.05. The fourth-order valence-electron chi connectivity index (χ4n) is 1.19. The van der Waals surface area contributed by atoms with Crippen LogP contribution in [-0.4, -0.2) is 12.6 Å². The van der Waals surface area contributed by atoms with Gasteiger partial charge in [-0.25, -0.2) is 8.78 Å². The van der Waals surface area contributed by atoms with E-state index in [1.54, 1.807) is 6.92 Å². The molecule has 4 heteroatoms. The third-order valence-electron chi connectivity index (χ3n) is 1.97. The molecule has 82 valence electrons. The van der Waals surface area contributed by atoms with Crippen molar-refractivity contribution in [3.05, 3.63) is 34.9 Å². The minimum atomic E-state index is -0.582. The maximum atomic E-state index is 13.3. The van der Waals surface area contributed by atoms with Crippen molar-refractivity contribution < 1.29 is 18.3 Å². The van der Waals surface area contributed by atoms with Crippen LogP contribution in [0.1, 0.15) is 18.1 Å². The number of carbonyl (C=O) groups excluding carboxylic acids is 1. The lowest BCUT2D eigenvalue weighted by molar-refractivity contribution is -0.142. The summed E-state index contributed by atoms with van der Waals surface area (Å²) in [6.07, 6.45) is -0.239. The van der Waals surface area contributed by atoms with E-state index >= 15 is 0 Å². The fourth-order valence-corrected chi connectivity index (χ4v) is 1.19. The predicted octanol–water partition coefficient (Wildman–Crippen LogP) is 2.38. The van der Waals surface area contributed by atoms with Gasteiger partial charge in [0.25, 0.3) is 0 Å². The van der Waals surface area contributed by atoms with E-state index < -0.39 is 17.6 Å². The van der Waals surface area contributed by atoms with Crippen LogP contribution < -0.4 is 0 Å². The van der Waals surface area contributed by atoms with Gasteiger partial charge >= 0.3 is 5.97 Å². The molecule has 0 unspecified atom stereocenters. The van der Waals surface area contributed by atoms with Crippen LogP contribution >= 0.6 is 0 Å². The van der Waals surface area contributed by atoms with Gasteiger partial charge in [0.15, 0.2) is 0 Å². The largest absolute Gasteiger partial charge is 0.466 e. The third kappa shape index (κ3) is 3.01. The maximum absolute atomic E-state index is 13.3. The highest BCUT2D eigenvalue weighted by Crippen LogP contribution is 2.14. The molecule has 15 heavy (non-hydrogen) atoms. The van der Waals surface area contributed by atoms with E-state index in [4.69, 9.17) is 0 Å². The number of carbonyl (C=O) groups is 1. The Hall–Kier alpha value is -1.45. The molecule has 0 saturated carbocycles. The highest BCUT2D eigenvalue weighted by molar-refractivity contribution is 5.72. The van der Waals surface area contributed by atoms with Crippen LogP contribution in [0.25, 0.3) is 0 Å². The van der Waals surface area contributed by atoms with Crippen LogP contribution in [0.15, 0.2) is 12.1 Å². The van der Waals surface area contributed by atoms with E-state index in [2.05, 4.69) is 4.74 Å². The summed E-state index contributed by atoms with van der Waals surface area (Å²) >= 11 is 0. The molecule has 2 nitrogen and oxygen atoms in total. The molecule has 1 aromatic carbocycles. The van der Waals surface area contributed by atoms with Crippen molar-refractivity contribution in [1.29, 1.82) is 0 Å². The number of aryl methyl sites for hydroxylation is 1. The highest BCUT2D eigenvalue weighted by Gasteiger charge is 2.11. The van der Waals surface area contributed by atoms with Crippen LogP contribution in [0.4, 0.5) is 8.78 Å². The Morgan fingerprint density at radius 3 is 2.60 bits per heavy atom. The van der Waals surface area contributed by atoms with Crippen molar-refractivity contribution in [2.24, 2.45) is 0 Å². The maximum Gasteiger partial charge on any atom is 0.310 e. The quantitative estimate of drug-likeness (QED) is 0.722. The van der Waals surface area contributed by atoms with Gasteiger partial charge in [0, 0.05) is 5.56 Å². The molecule has 0 aliphatic carbocycles. The van der Waals surface area contributed by atoms with Gasteiger partial charge in [-0.2, -0.15) is 0 Å². The Labute approximate surface area is 86.9 Å². The summed E-state index contributed by atoms with van der Waals surface area (Å²) in [6, 6.07) is 2.10. The lowest BCUT2D eigenvalue weighted by atomic mass is 10.1. The van der Waals surface area contributed by atoms with E-state index in [-0.39, 0.29) is 24.2 Å². The topological polar surface area (TPSA) is 26.3 Å². The van der Waals surface area contributed by atoms with Crippen molar-refractivity contribution >= 4 is 5.97 Å². The second kappa shape index (κ2) is 4.87. The Morgan fingerprint density at radius 1 is 1.33 bits per heavy atom. The Morgan fingerprint density at radius 2 is 2.00 bits per heavy atom. The normalized spacial score (nSPS) is 10.1. The summed E-state index contributed by atoms with van der Waals surface area (Å²) in [5, 5.41) is 0. The summed E-state index contributed by atoms with van der Waals surface area (Å²) in [6.45, 7) is 3.35. The predicted molar refractivity (Wildman–Crippen MR) is 51.4 cm³/mol. The van der Waals surface area contributed by atoms with Crippen LogP contribution in [0, 0.1) is 18.6 Å². The molecule has 0 fully saturated rings. The van der Waals surface area contributed by atoms with Gasteiger partial charge in [-0.1, -0.05) is 0 Å². The van der Waals surface area contributed by atoms with Crippen LogP contribution in [-0.2, 0) is 16.0 Å². The van der Waals surface area contributed by atoms with Gasteiger partial charge in [0.2, 0.25) is 0 Å². The molecule has 1 rings (SSSR count). The van der Waals surface area contributed by atoms with Gasteiger partial charge < -0.3 is 4.74 Å². The first kappa shape index (κ1) is 11.6. The molecule has 0 atom stereocenters. The molecule has 0 bridgehead atoms. The molecule has 1 aromatic rings. The van der Waals surface area contributed by atoms with E-state index in [0.717, 1.165) is 12.1 Å². The summed E-state index contributed by atoms with van der Waals surface area (Å²) < 4.78 is 31.0. The second-order valence-corrected chi connectivity index (χ2v) is 3.17. The Bertz CT molecular complexity index is 375. The smallest absolute Gasteiger partial charge is 0.310 e. The zero-order valence-electron chi connectivity index (χ0n) is 8.64. The SMILES string of the molecule is CCOC(=O)Cc1cc(F)c(C)cc1F. The van der Waals surface area contributed by atoms with E-state index in [0.29, 0.717) is 0 Å². The molecule has 0 aliphatic heterocycles. The fraction of sp³-hybridized carbons (Fsp3) is 0.364. The second-order valence-electron chi connectivity index (χ2n) is 3.17. The molecule has 0 aromatic heterocycles. The minimum absolute atomic E-state index is 0.0246. The van der Waals surface area contributed by atoms with Crippen molar-refractivity contribution in [2.45, 2.75) is 20.3 Å². The summed E-state index contributed by atoms with van der Waals surface area (Å²) in [5.41, 5.74) is 0.247. The van der Waals surface area contributed by atoms with E-state index in [1.807, 2.05) is 0 Å². The standard InChI is InChI=1S/C11H12F2O2/c1-3-15-11(14)6-8-5-9(12)7(2)4-10(8)13/h4-5H,3,6H2,1-2H3. The lowest BCUT2D eigenvalue weighted by Crippen LogP contribution is -2.09. The molecule has 0 spiro atoms. The van der Waals surface area contributed by atoms with Gasteiger partial charge in [-0.3, -0.25) is 4.79 Å². The van der Waals surface area contributed by atoms with Crippen molar-refractivity contribution in [2.75, 3.05) is 6.61 Å². The number of hydrogen-bond acceptors (Lipinski definition) is 2. The number of rotatable bonds is 3. The average Bonchev–Trinajstić information content (AvgIpc) is 2.14. The third-order valence-corrected chi connectivity index (χ3v) is 1.97. The Balaban J connectivity index is 2.86. The van der Waals surface area contributed by atoms with Gasteiger partial charge in [0.05, 0.1) is 13.0 Å². The molecule has 0 aliphatic rings. The van der Waals surface area contributed by atoms with Gasteiger partial charge in [-0.15, -0.1) is 0 Å². The van der Waals surface area contributed by atoms with Crippen molar-refractivity contribution in [3.8, 4) is 0 Å². The van der Waals surface area contributed by atoms with Gasteiger partial charge in [0.1, 0.15) is 11.6 Å². The number of ether oxygens (including phenoxy) is 1. The van der Waals surface area contributed by atoms with Crippen LogP contribution in [0.3, 0.4) is 0 Å². The molecule has 0 saturated heterocycles. The monoisotopic (exact) mass is 214 g/mol. The first-order valence-corrected chi connectivity index (χ1v) is 4.64. The number of hydrogen-bond donors (Lipinski definition) is 0. The summed E-state index contributed by atoms with van der Waals surface area (Å²) in [5.74, 6) is -1.66. The minimum Gasteiger partial charge on any atom is -0.466 e. The number of benzene rings is 1. The van der Waals surface area contributed by atoms with Crippen LogP contribution in [0.5, 0.6) is 0 Å². The molecule has 0 heterocycles. The molecule has 0 radical (unpaired) electrons. The molecular formula is C11H12F2O2. The van der Waals surface area contributed by atoms with E-state index in [9.17, 15) is 13.6 Å². The average molecular weight is 214 g/mol. The van der Waals surface area contributed by atoms with Crippen molar-refractivity contribution in [3.63, 3.8) is 0 Å². The van der Waals surface area contributed by atoms with Gasteiger partial charge in [-0.05, 0) is 31.5 Å². The first-order chi connectivity index (χ1) is 7.04. The van der Waals surface area contributed by atoms with Crippen LogP contribution in [0.2, 0.25) is 0 Å².